The third kappa shape index (κ3) is 5.52. The van der Waals surface area contributed by atoms with E-state index in [1.807, 2.05) is 19.1 Å². The number of amides is 2. The van der Waals surface area contributed by atoms with Crippen molar-refractivity contribution >= 4 is 11.7 Å². The Morgan fingerprint density at radius 3 is 2.67 bits per heavy atom. The fourth-order valence-corrected chi connectivity index (χ4v) is 3.29. The summed E-state index contributed by atoms with van der Waals surface area (Å²) < 4.78 is 0. The molecule has 0 aromatic heterocycles. The Hall–Kier alpha value is -1.55. The van der Waals surface area contributed by atoms with Gasteiger partial charge in [0, 0.05) is 12.2 Å². The monoisotopic (exact) mass is 331 g/mol. The van der Waals surface area contributed by atoms with E-state index in [-0.39, 0.29) is 6.03 Å². The zero-order valence-corrected chi connectivity index (χ0v) is 15.7. The second-order valence-corrected chi connectivity index (χ2v) is 7.45. The number of likely N-dealkylation sites (tertiary alicyclic amines) is 1. The number of nitrogens with one attached hydrogen (secondary N) is 2. The highest BCUT2D eigenvalue weighted by Crippen LogP contribution is 2.27. The van der Waals surface area contributed by atoms with E-state index < -0.39 is 0 Å². The average Bonchev–Trinajstić information content (AvgIpc) is 2.55. The van der Waals surface area contributed by atoms with E-state index in [2.05, 4.69) is 42.4 Å². The van der Waals surface area contributed by atoms with Crippen molar-refractivity contribution in [2.75, 3.05) is 31.5 Å². The minimum Gasteiger partial charge on any atom is -0.338 e. The molecule has 0 unspecified atom stereocenters. The molecule has 1 aromatic carbocycles. The number of piperidine rings is 1. The van der Waals surface area contributed by atoms with Crippen molar-refractivity contribution in [3.63, 3.8) is 0 Å². The molecule has 1 aromatic rings. The molecule has 0 spiro atoms. The van der Waals surface area contributed by atoms with Crippen LogP contribution >= 0.6 is 0 Å². The van der Waals surface area contributed by atoms with Gasteiger partial charge in [0.25, 0.3) is 0 Å². The van der Waals surface area contributed by atoms with Crippen LogP contribution in [-0.4, -0.2) is 37.1 Å². The Bertz CT molecular complexity index is 534. The van der Waals surface area contributed by atoms with Gasteiger partial charge < -0.3 is 15.5 Å². The molecular formula is C20H33N3O. The lowest BCUT2D eigenvalue weighted by Crippen LogP contribution is -2.36. The zero-order valence-electron chi connectivity index (χ0n) is 15.7. The Labute approximate surface area is 147 Å². The van der Waals surface area contributed by atoms with Crippen LogP contribution in [0.1, 0.15) is 57.1 Å². The molecule has 2 amide bonds. The molecule has 0 saturated carbocycles. The molecule has 0 atom stereocenters. The van der Waals surface area contributed by atoms with Crippen molar-refractivity contribution in [2.45, 2.75) is 52.9 Å². The van der Waals surface area contributed by atoms with Crippen molar-refractivity contribution < 1.29 is 4.79 Å². The summed E-state index contributed by atoms with van der Waals surface area (Å²) >= 11 is 0. The maximum Gasteiger partial charge on any atom is 0.319 e. The minimum absolute atomic E-state index is 0.0986. The fourth-order valence-electron chi connectivity index (χ4n) is 3.29. The van der Waals surface area contributed by atoms with Gasteiger partial charge >= 0.3 is 6.03 Å². The average molecular weight is 332 g/mol. The van der Waals surface area contributed by atoms with Crippen LogP contribution in [0.3, 0.4) is 0 Å². The SMILES string of the molecule is Cc1cccc(C(C)C)c1NC(=O)NCCCN1CCC(C)CC1. The maximum absolute atomic E-state index is 12.2. The molecule has 4 nitrogen and oxygen atoms in total. The molecule has 1 aliphatic rings. The van der Waals surface area contributed by atoms with E-state index in [4.69, 9.17) is 0 Å². The molecule has 1 fully saturated rings. The van der Waals surface area contributed by atoms with Gasteiger partial charge in [0.15, 0.2) is 0 Å². The summed E-state index contributed by atoms with van der Waals surface area (Å²) in [5.74, 6) is 1.26. The Morgan fingerprint density at radius 2 is 2.00 bits per heavy atom. The first-order valence-corrected chi connectivity index (χ1v) is 9.34. The summed E-state index contributed by atoms with van der Waals surface area (Å²) in [5, 5.41) is 6.04. The predicted octanol–water partition coefficient (Wildman–Crippen LogP) is 4.36. The molecule has 4 heteroatoms. The molecule has 24 heavy (non-hydrogen) atoms. The van der Waals surface area contributed by atoms with Crippen molar-refractivity contribution in [2.24, 2.45) is 5.92 Å². The van der Waals surface area contributed by atoms with Crippen LogP contribution in [0.15, 0.2) is 18.2 Å². The molecule has 2 N–H and O–H groups in total. The number of rotatable bonds is 6. The van der Waals surface area contributed by atoms with Gasteiger partial charge in [0.1, 0.15) is 0 Å². The maximum atomic E-state index is 12.2. The second-order valence-electron chi connectivity index (χ2n) is 7.45. The first-order chi connectivity index (χ1) is 11.5. The highest BCUT2D eigenvalue weighted by atomic mass is 16.2. The van der Waals surface area contributed by atoms with E-state index >= 15 is 0 Å². The van der Waals surface area contributed by atoms with Crippen LogP contribution in [0, 0.1) is 12.8 Å². The number of urea groups is 1. The van der Waals surface area contributed by atoms with Gasteiger partial charge in [-0.15, -0.1) is 0 Å². The quantitative estimate of drug-likeness (QED) is 0.761. The van der Waals surface area contributed by atoms with Crippen molar-refractivity contribution in [3.05, 3.63) is 29.3 Å². The first-order valence-electron chi connectivity index (χ1n) is 9.34. The fraction of sp³-hybridized carbons (Fsp3) is 0.650. The Balaban J connectivity index is 1.74. The molecule has 1 aliphatic heterocycles. The largest absolute Gasteiger partial charge is 0.338 e. The molecule has 0 aliphatic carbocycles. The van der Waals surface area contributed by atoms with Gasteiger partial charge in [-0.3, -0.25) is 0 Å². The van der Waals surface area contributed by atoms with E-state index in [0.717, 1.165) is 36.7 Å². The third-order valence-corrected chi connectivity index (χ3v) is 4.98. The minimum atomic E-state index is -0.0986. The number of hydrogen-bond donors (Lipinski definition) is 2. The second kappa shape index (κ2) is 9.07. The summed E-state index contributed by atoms with van der Waals surface area (Å²) in [4.78, 5) is 14.7. The van der Waals surface area contributed by atoms with Gasteiger partial charge in [0.2, 0.25) is 0 Å². The van der Waals surface area contributed by atoms with Crippen LogP contribution < -0.4 is 10.6 Å². The number of benzene rings is 1. The van der Waals surface area contributed by atoms with E-state index in [1.165, 1.54) is 31.5 Å². The number of anilines is 1. The first kappa shape index (κ1) is 18.8. The van der Waals surface area contributed by atoms with Crippen molar-refractivity contribution in [1.82, 2.24) is 10.2 Å². The predicted molar refractivity (Wildman–Crippen MR) is 102 cm³/mol. The lowest BCUT2D eigenvalue weighted by atomic mass is 9.98. The van der Waals surface area contributed by atoms with Gasteiger partial charge in [-0.1, -0.05) is 39.0 Å². The number of aryl methyl sites for hydroxylation is 1. The molecule has 134 valence electrons. The van der Waals surface area contributed by atoms with Gasteiger partial charge in [-0.05, 0) is 68.8 Å². The normalized spacial score (nSPS) is 16.4. The van der Waals surface area contributed by atoms with Crippen LogP contribution in [0.2, 0.25) is 0 Å². The lowest BCUT2D eigenvalue weighted by molar-refractivity contribution is 0.190. The van der Waals surface area contributed by atoms with Gasteiger partial charge in [-0.25, -0.2) is 4.79 Å². The number of carbonyl (C=O) groups is 1. The summed E-state index contributed by atoms with van der Waals surface area (Å²) in [6, 6.07) is 6.08. The van der Waals surface area contributed by atoms with Gasteiger partial charge in [-0.2, -0.15) is 0 Å². The summed E-state index contributed by atoms with van der Waals surface area (Å²) in [7, 11) is 0. The third-order valence-electron chi connectivity index (χ3n) is 4.98. The topological polar surface area (TPSA) is 44.4 Å². The van der Waals surface area contributed by atoms with E-state index in [0.29, 0.717) is 5.92 Å². The number of carbonyl (C=O) groups excluding carboxylic acids is 1. The van der Waals surface area contributed by atoms with Crippen LogP contribution in [0.4, 0.5) is 10.5 Å². The van der Waals surface area contributed by atoms with E-state index in [1.54, 1.807) is 0 Å². The number of nitrogens with zero attached hydrogens (tertiary/aromatic N) is 1. The lowest BCUT2D eigenvalue weighted by Gasteiger charge is -2.30. The molecular weight excluding hydrogens is 298 g/mol. The van der Waals surface area contributed by atoms with Crippen LogP contribution in [-0.2, 0) is 0 Å². The molecule has 1 saturated heterocycles. The van der Waals surface area contributed by atoms with Gasteiger partial charge in [0.05, 0.1) is 0 Å². The molecule has 0 bridgehead atoms. The Kier molecular flexibility index (Phi) is 7.10. The highest BCUT2D eigenvalue weighted by molar-refractivity contribution is 5.91. The summed E-state index contributed by atoms with van der Waals surface area (Å²) in [6.45, 7) is 12.9. The number of para-hydroxylation sites is 1. The highest BCUT2D eigenvalue weighted by Gasteiger charge is 2.15. The van der Waals surface area contributed by atoms with E-state index in [9.17, 15) is 4.79 Å². The number of hydrogen-bond acceptors (Lipinski definition) is 2. The molecule has 2 rings (SSSR count). The molecule has 0 radical (unpaired) electrons. The smallest absolute Gasteiger partial charge is 0.319 e. The van der Waals surface area contributed by atoms with Crippen LogP contribution in [0.25, 0.3) is 0 Å². The zero-order chi connectivity index (χ0) is 17.5. The van der Waals surface area contributed by atoms with Crippen LogP contribution in [0.5, 0.6) is 0 Å². The van der Waals surface area contributed by atoms with Crippen molar-refractivity contribution in [3.8, 4) is 0 Å². The standard InChI is InChI=1S/C20H33N3O/c1-15(2)18-8-5-7-17(4)19(18)22-20(24)21-11-6-12-23-13-9-16(3)10-14-23/h5,7-8,15-16H,6,9-14H2,1-4H3,(H2,21,22,24). The van der Waals surface area contributed by atoms with Crippen molar-refractivity contribution in [1.29, 1.82) is 0 Å². The molecule has 1 heterocycles. The Morgan fingerprint density at radius 1 is 1.29 bits per heavy atom. The summed E-state index contributed by atoms with van der Waals surface area (Å²) in [5.41, 5.74) is 3.25. The summed E-state index contributed by atoms with van der Waals surface area (Å²) in [6.07, 6.45) is 3.62.